The number of nitrogens with one attached hydrogen (secondary N) is 1. The third-order valence-electron chi connectivity index (χ3n) is 4.16. The fourth-order valence-corrected chi connectivity index (χ4v) is 2.66. The Morgan fingerprint density at radius 1 is 1.03 bits per heavy atom. The van der Waals surface area contributed by atoms with Gasteiger partial charge in [-0.15, -0.1) is 0 Å². The molecule has 166 valence electrons. The van der Waals surface area contributed by atoms with E-state index in [0.29, 0.717) is 0 Å². The summed E-state index contributed by atoms with van der Waals surface area (Å²) in [6.45, 7) is 6.92. The first-order valence-electron chi connectivity index (χ1n) is 9.88. The predicted molar refractivity (Wildman–Crippen MR) is 109 cm³/mol. The lowest BCUT2D eigenvalue weighted by Crippen LogP contribution is -2.42. The Morgan fingerprint density at radius 2 is 1.67 bits per heavy atom. The SMILES string of the molecule is CCC(C(=O)CC[C@H](NC(=O)OCc1ccccc1)C(=O)OC)C(=O)OC(C)(C)C. The maximum Gasteiger partial charge on any atom is 0.408 e. The molecule has 0 bridgehead atoms. The summed E-state index contributed by atoms with van der Waals surface area (Å²) in [6, 6.07) is 7.99. The van der Waals surface area contributed by atoms with Crippen LogP contribution in [0.4, 0.5) is 4.79 Å². The van der Waals surface area contributed by atoms with Gasteiger partial charge in [0, 0.05) is 6.42 Å². The zero-order valence-electron chi connectivity index (χ0n) is 18.2. The highest BCUT2D eigenvalue weighted by Gasteiger charge is 2.31. The summed E-state index contributed by atoms with van der Waals surface area (Å²) in [6.07, 6.45) is -0.647. The van der Waals surface area contributed by atoms with Gasteiger partial charge >= 0.3 is 18.0 Å². The van der Waals surface area contributed by atoms with Gasteiger partial charge in [-0.1, -0.05) is 37.3 Å². The molecule has 30 heavy (non-hydrogen) atoms. The van der Waals surface area contributed by atoms with Gasteiger partial charge in [-0.05, 0) is 39.2 Å². The van der Waals surface area contributed by atoms with Gasteiger partial charge in [0.15, 0.2) is 0 Å². The number of ether oxygens (including phenoxy) is 3. The molecule has 8 heteroatoms. The molecule has 1 rings (SSSR count). The molecule has 2 atom stereocenters. The van der Waals surface area contributed by atoms with Crippen LogP contribution < -0.4 is 5.32 Å². The van der Waals surface area contributed by atoms with Gasteiger partial charge in [0.1, 0.15) is 30.0 Å². The number of alkyl carbamates (subject to hydrolysis) is 1. The summed E-state index contributed by atoms with van der Waals surface area (Å²) in [5.74, 6) is -2.59. The Kier molecular flexibility index (Phi) is 10.0. The molecule has 0 aromatic heterocycles. The van der Waals surface area contributed by atoms with Crippen molar-refractivity contribution in [2.24, 2.45) is 5.92 Å². The molecular weight excluding hydrogens is 390 g/mol. The van der Waals surface area contributed by atoms with Crippen LogP contribution in [0.3, 0.4) is 0 Å². The van der Waals surface area contributed by atoms with E-state index in [9.17, 15) is 19.2 Å². The van der Waals surface area contributed by atoms with Crippen LogP contribution in [0, 0.1) is 5.92 Å². The van der Waals surface area contributed by atoms with Crippen molar-refractivity contribution < 1.29 is 33.4 Å². The van der Waals surface area contributed by atoms with Crippen molar-refractivity contribution in [2.75, 3.05) is 7.11 Å². The molecule has 1 aromatic rings. The van der Waals surface area contributed by atoms with E-state index in [2.05, 4.69) is 5.32 Å². The van der Waals surface area contributed by atoms with Crippen LogP contribution in [0.2, 0.25) is 0 Å². The molecule has 8 nitrogen and oxygen atoms in total. The number of carbonyl (C=O) groups is 4. The lowest BCUT2D eigenvalue weighted by Gasteiger charge is -2.23. The van der Waals surface area contributed by atoms with Crippen LogP contribution in [0.5, 0.6) is 0 Å². The first kappa shape index (κ1) is 25.1. The minimum Gasteiger partial charge on any atom is -0.467 e. The van der Waals surface area contributed by atoms with Crippen molar-refractivity contribution >= 4 is 23.8 Å². The van der Waals surface area contributed by atoms with Crippen LogP contribution in [0.15, 0.2) is 30.3 Å². The van der Waals surface area contributed by atoms with Crippen LogP contribution in [0.25, 0.3) is 0 Å². The zero-order chi connectivity index (χ0) is 22.7. The van der Waals surface area contributed by atoms with Gasteiger partial charge in [-0.25, -0.2) is 9.59 Å². The minimum atomic E-state index is -1.07. The van der Waals surface area contributed by atoms with Crippen LogP contribution in [0.1, 0.15) is 52.5 Å². The summed E-state index contributed by atoms with van der Waals surface area (Å²) < 4.78 is 15.1. The standard InChI is InChI=1S/C22H31NO7/c1-6-16(19(25)30-22(2,3)4)18(24)13-12-17(20(26)28-5)23-21(27)29-14-15-10-8-7-9-11-15/h7-11,16-17H,6,12-14H2,1-5H3,(H,23,27)/t16?,17-/m0/s1. The second-order valence-corrected chi connectivity index (χ2v) is 7.78. The number of carbonyl (C=O) groups excluding carboxylic acids is 4. The number of esters is 2. The highest BCUT2D eigenvalue weighted by Crippen LogP contribution is 2.17. The number of Topliss-reactive ketones (excluding diaryl/α,β-unsaturated/α-hetero) is 1. The highest BCUT2D eigenvalue weighted by molar-refractivity contribution is 5.99. The number of hydrogen-bond acceptors (Lipinski definition) is 7. The third-order valence-corrected chi connectivity index (χ3v) is 4.16. The summed E-state index contributed by atoms with van der Waals surface area (Å²) >= 11 is 0. The predicted octanol–water partition coefficient (Wildman–Crippen LogP) is 3.17. The topological polar surface area (TPSA) is 108 Å². The lowest BCUT2D eigenvalue weighted by atomic mass is 9.95. The van der Waals surface area contributed by atoms with Crippen molar-refractivity contribution in [3.63, 3.8) is 0 Å². The molecule has 0 radical (unpaired) electrons. The van der Waals surface area contributed by atoms with Gasteiger partial charge in [0.2, 0.25) is 0 Å². The van der Waals surface area contributed by atoms with Crippen molar-refractivity contribution in [3.8, 4) is 0 Å². The Bertz CT molecular complexity index is 725. The van der Waals surface area contributed by atoms with E-state index in [1.807, 2.05) is 18.2 Å². The molecule has 1 amide bonds. The van der Waals surface area contributed by atoms with E-state index in [0.717, 1.165) is 5.56 Å². The molecular formula is C22H31NO7. The quantitative estimate of drug-likeness (QED) is 0.351. The second-order valence-electron chi connectivity index (χ2n) is 7.78. The number of hydrogen-bond donors (Lipinski definition) is 1. The van der Waals surface area contributed by atoms with Gasteiger partial charge in [0.25, 0.3) is 0 Å². The van der Waals surface area contributed by atoms with Crippen LogP contribution in [-0.2, 0) is 35.2 Å². The van der Waals surface area contributed by atoms with Crippen LogP contribution >= 0.6 is 0 Å². The fourth-order valence-electron chi connectivity index (χ4n) is 2.66. The average Bonchev–Trinajstić information content (AvgIpc) is 2.68. The molecule has 1 aromatic carbocycles. The van der Waals surface area contributed by atoms with Crippen molar-refractivity contribution in [1.29, 1.82) is 0 Å². The molecule has 0 aliphatic rings. The molecule has 0 aliphatic carbocycles. The monoisotopic (exact) mass is 421 g/mol. The van der Waals surface area contributed by atoms with E-state index < -0.39 is 35.6 Å². The number of benzene rings is 1. The molecule has 0 heterocycles. The van der Waals surface area contributed by atoms with Crippen molar-refractivity contribution in [2.45, 2.75) is 65.2 Å². The molecule has 1 unspecified atom stereocenters. The minimum absolute atomic E-state index is 0.0226. The molecule has 1 N–H and O–H groups in total. The Balaban J connectivity index is 2.64. The van der Waals surface area contributed by atoms with Crippen LogP contribution in [-0.4, -0.2) is 42.6 Å². The smallest absolute Gasteiger partial charge is 0.408 e. The summed E-state index contributed by atoms with van der Waals surface area (Å²) in [4.78, 5) is 48.8. The molecule has 0 aliphatic heterocycles. The van der Waals surface area contributed by atoms with Gasteiger partial charge < -0.3 is 19.5 Å². The Labute approximate surface area is 177 Å². The number of amides is 1. The fraction of sp³-hybridized carbons (Fsp3) is 0.545. The van der Waals surface area contributed by atoms with Gasteiger partial charge in [0.05, 0.1) is 7.11 Å². The summed E-state index contributed by atoms with van der Waals surface area (Å²) in [5.41, 5.74) is 0.0873. The Morgan fingerprint density at radius 3 is 2.20 bits per heavy atom. The zero-order valence-corrected chi connectivity index (χ0v) is 18.2. The summed E-state index contributed by atoms with van der Waals surface area (Å²) in [5, 5.41) is 2.41. The van der Waals surface area contributed by atoms with E-state index in [1.165, 1.54) is 7.11 Å². The summed E-state index contributed by atoms with van der Waals surface area (Å²) in [7, 11) is 1.18. The lowest BCUT2D eigenvalue weighted by molar-refractivity contribution is -0.162. The maximum absolute atomic E-state index is 12.5. The second kappa shape index (κ2) is 11.9. The maximum atomic E-state index is 12.5. The molecule has 0 saturated heterocycles. The van der Waals surface area contributed by atoms with E-state index in [1.54, 1.807) is 39.8 Å². The molecule has 0 fully saturated rings. The normalized spacial score (nSPS) is 13.0. The van der Waals surface area contributed by atoms with Gasteiger partial charge in [-0.3, -0.25) is 9.59 Å². The number of methoxy groups -OCH3 is 1. The van der Waals surface area contributed by atoms with E-state index in [-0.39, 0.29) is 31.7 Å². The first-order chi connectivity index (χ1) is 14.1. The molecule has 0 saturated carbocycles. The highest BCUT2D eigenvalue weighted by atomic mass is 16.6. The van der Waals surface area contributed by atoms with Gasteiger partial charge in [-0.2, -0.15) is 0 Å². The number of ketones is 1. The molecule has 0 spiro atoms. The average molecular weight is 421 g/mol. The third kappa shape index (κ3) is 9.07. The Hall–Kier alpha value is -2.90. The number of rotatable bonds is 10. The van der Waals surface area contributed by atoms with Crippen molar-refractivity contribution in [1.82, 2.24) is 5.32 Å². The van der Waals surface area contributed by atoms with E-state index >= 15 is 0 Å². The first-order valence-corrected chi connectivity index (χ1v) is 9.88. The van der Waals surface area contributed by atoms with E-state index in [4.69, 9.17) is 14.2 Å². The largest absolute Gasteiger partial charge is 0.467 e. The van der Waals surface area contributed by atoms with Crippen molar-refractivity contribution in [3.05, 3.63) is 35.9 Å².